The van der Waals surface area contributed by atoms with Crippen LogP contribution in [0.2, 0.25) is 0 Å². The number of aliphatic carboxylic acids is 1. The van der Waals surface area contributed by atoms with E-state index in [9.17, 15) is 20.1 Å². The molecule has 3 N–H and O–H groups in total. The van der Waals surface area contributed by atoms with Crippen molar-refractivity contribution in [2.24, 2.45) is 34.0 Å². The third-order valence-corrected chi connectivity index (χ3v) is 9.14. The zero-order chi connectivity index (χ0) is 17.5. The molecule has 4 rings (SSSR count). The predicted molar refractivity (Wildman–Crippen MR) is 90.3 cm³/mol. The lowest BCUT2D eigenvalue weighted by atomic mass is 9.40. The molecule has 4 aliphatic rings. The smallest absolute Gasteiger partial charge is 0.312 e. The molecule has 4 aliphatic carbocycles. The highest BCUT2D eigenvalue weighted by Crippen LogP contribution is 2.72. The van der Waals surface area contributed by atoms with Crippen molar-refractivity contribution >= 4 is 5.97 Å². The Hall–Kier alpha value is -0.610. The molecule has 0 aromatic carbocycles. The van der Waals surface area contributed by atoms with Crippen LogP contribution >= 0.6 is 0 Å². The van der Waals surface area contributed by atoms with E-state index in [1.165, 1.54) is 0 Å². The highest BCUT2D eigenvalue weighted by Gasteiger charge is 2.69. The van der Waals surface area contributed by atoms with Crippen molar-refractivity contribution in [2.75, 3.05) is 0 Å². The van der Waals surface area contributed by atoms with E-state index in [4.69, 9.17) is 0 Å². The van der Waals surface area contributed by atoms with Crippen molar-refractivity contribution in [3.8, 4) is 0 Å². The Bertz CT molecular complexity index is 572. The quantitative estimate of drug-likeness (QED) is 0.687. The van der Waals surface area contributed by atoms with Crippen LogP contribution in [0.1, 0.15) is 72.1 Å². The molecule has 8 atom stereocenters. The molecule has 136 valence electrons. The molecule has 4 saturated carbocycles. The summed E-state index contributed by atoms with van der Waals surface area (Å²) < 4.78 is 0. The Kier molecular flexibility index (Phi) is 3.34. The first-order valence-corrected chi connectivity index (χ1v) is 9.70. The molecular weight excluding hydrogens is 304 g/mol. The van der Waals surface area contributed by atoms with Gasteiger partial charge < -0.3 is 15.3 Å². The number of aliphatic hydroxyl groups is 2. The number of fused-ring (bicyclic) bond motifs is 3. The SMILES string of the molecule is CC1(O)CC23CC[C@@H]4C(C)(C(=O)O)C(O)CCC4(C)[C@@H]2CCC1C3. The lowest BCUT2D eigenvalue weighted by Crippen LogP contribution is -2.62. The van der Waals surface area contributed by atoms with Gasteiger partial charge >= 0.3 is 5.97 Å². The molecule has 0 radical (unpaired) electrons. The van der Waals surface area contributed by atoms with Gasteiger partial charge in [0.05, 0.1) is 17.1 Å². The van der Waals surface area contributed by atoms with Crippen molar-refractivity contribution in [3.05, 3.63) is 0 Å². The summed E-state index contributed by atoms with van der Waals surface area (Å²) >= 11 is 0. The molecule has 4 heteroatoms. The fourth-order valence-electron chi connectivity index (χ4n) is 8.00. The molecule has 0 amide bonds. The van der Waals surface area contributed by atoms with Crippen LogP contribution in [0, 0.1) is 34.0 Å². The van der Waals surface area contributed by atoms with Gasteiger partial charge in [0.2, 0.25) is 0 Å². The maximum absolute atomic E-state index is 12.1. The number of hydrogen-bond acceptors (Lipinski definition) is 3. The topological polar surface area (TPSA) is 77.8 Å². The fourth-order valence-corrected chi connectivity index (χ4v) is 8.00. The average molecular weight is 336 g/mol. The number of carboxylic acids is 1. The molecule has 0 aliphatic heterocycles. The van der Waals surface area contributed by atoms with E-state index in [2.05, 4.69) is 6.92 Å². The Balaban J connectivity index is 1.75. The van der Waals surface area contributed by atoms with Crippen molar-refractivity contribution in [1.29, 1.82) is 0 Å². The van der Waals surface area contributed by atoms with Gasteiger partial charge in [0.25, 0.3) is 0 Å². The molecule has 24 heavy (non-hydrogen) atoms. The minimum Gasteiger partial charge on any atom is -0.481 e. The Labute approximate surface area is 144 Å². The summed E-state index contributed by atoms with van der Waals surface area (Å²) in [6.07, 6.45) is 6.81. The van der Waals surface area contributed by atoms with Crippen molar-refractivity contribution in [3.63, 3.8) is 0 Å². The Morgan fingerprint density at radius 1 is 1.00 bits per heavy atom. The van der Waals surface area contributed by atoms with Crippen LogP contribution in [0.3, 0.4) is 0 Å². The zero-order valence-corrected chi connectivity index (χ0v) is 15.2. The number of carbonyl (C=O) groups is 1. The molecule has 0 saturated heterocycles. The van der Waals surface area contributed by atoms with Gasteiger partial charge in [-0.15, -0.1) is 0 Å². The van der Waals surface area contributed by atoms with E-state index in [-0.39, 0.29) is 16.7 Å². The van der Waals surface area contributed by atoms with E-state index in [1.807, 2.05) is 6.92 Å². The number of aliphatic hydroxyl groups excluding tert-OH is 1. The fraction of sp³-hybridized carbons (Fsp3) is 0.950. The highest BCUT2D eigenvalue weighted by atomic mass is 16.4. The Morgan fingerprint density at radius 2 is 1.71 bits per heavy atom. The molecule has 0 aromatic heterocycles. The van der Waals surface area contributed by atoms with E-state index in [0.717, 1.165) is 44.9 Å². The highest BCUT2D eigenvalue weighted by molar-refractivity contribution is 5.76. The summed E-state index contributed by atoms with van der Waals surface area (Å²) in [4.78, 5) is 12.1. The van der Waals surface area contributed by atoms with Gasteiger partial charge in [-0.1, -0.05) is 6.92 Å². The van der Waals surface area contributed by atoms with Gasteiger partial charge in [-0.2, -0.15) is 0 Å². The minimum atomic E-state index is -1.04. The van der Waals surface area contributed by atoms with Gasteiger partial charge in [0, 0.05) is 0 Å². The predicted octanol–water partition coefficient (Wildman–Crippen LogP) is 3.21. The molecule has 2 bridgehead atoms. The first-order valence-electron chi connectivity index (χ1n) is 9.70. The number of hydrogen-bond donors (Lipinski definition) is 3. The lowest BCUT2D eigenvalue weighted by molar-refractivity contribution is -0.204. The lowest BCUT2D eigenvalue weighted by Gasteiger charge is -2.64. The molecule has 0 aromatic rings. The largest absolute Gasteiger partial charge is 0.481 e. The first-order chi connectivity index (χ1) is 11.1. The average Bonchev–Trinajstić information content (AvgIpc) is 2.68. The second-order valence-electron chi connectivity index (χ2n) is 10.2. The zero-order valence-electron chi connectivity index (χ0n) is 15.2. The number of rotatable bonds is 1. The van der Waals surface area contributed by atoms with E-state index in [0.29, 0.717) is 18.3 Å². The van der Waals surface area contributed by atoms with Gasteiger partial charge in [-0.25, -0.2) is 0 Å². The first kappa shape index (κ1) is 16.8. The van der Waals surface area contributed by atoms with E-state index >= 15 is 0 Å². The second kappa shape index (κ2) is 4.76. The summed E-state index contributed by atoms with van der Waals surface area (Å²) in [6, 6.07) is 0. The van der Waals surface area contributed by atoms with Gasteiger partial charge in [0.1, 0.15) is 0 Å². The third-order valence-electron chi connectivity index (χ3n) is 9.14. The molecular formula is C20H32O4. The normalized spacial score (nSPS) is 59.5. The van der Waals surface area contributed by atoms with E-state index in [1.54, 1.807) is 6.92 Å². The molecule has 0 heterocycles. The van der Waals surface area contributed by atoms with Crippen molar-refractivity contribution < 1.29 is 20.1 Å². The van der Waals surface area contributed by atoms with Gasteiger partial charge in [-0.3, -0.25) is 4.79 Å². The number of carboxylic acid groups (broad SMARTS) is 1. The minimum absolute atomic E-state index is 0.0315. The summed E-state index contributed by atoms with van der Waals surface area (Å²) in [5.41, 5.74) is -1.43. The molecule has 4 fully saturated rings. The van der Waals surface area contributed by atoms with Crippen LogP contribution in [-0.4, -0.2) is 33.0 Å². The van der Waals surface area contributed by atoms with Crippen molar-refractivity contribution in [2.45, 2.75) is 83.8 Å². The van der Waals surface area contributed by atoms with Gasteiger partial charge in [-0.05, 0) is 93.8 Å². The second-order valence-corrected chi connectivity index (χ2v) is 10.2. The van der Waals surface area contributed by atoms with Crippen molar-refractivity contribution in [1.82, 2.24) is 0 Å². The van der Waals surface area contributed by atoms with Crippen LogP contribution in [0.25, 0.3) is 0 Å². The maximum atomic E-state index is 12.1. The maximum Gasteiger partial charge on any atom is 0.312 e. The molecule has 1 spiro atoms. The molecule has 6 unspecified atom stereocenters. The standard InChI is InChI=1S/C20H32O4/c1-17-8-7-15(21)19(3,16(22)23)13(17)6-9-20-10-12(4-5-14(17)20)18(2,24)11-20/h12-15,21,24H,4-11H2,1-3H3,(H,22,23)/t12?,13-,14-,15?,17?,18?,19?,20?/m0/s1. The monoisotopic (exact) mass is 336 g/mol. The van der Waals surface area contributed by atoms with Gasteiger partial charge in [0.15, 0.2) is 0 Å². The Morgan fingerprint density at radius 3 is 2.38 bits per heavy atom. The summed E-state index contributed by atoms with van der Waals surface area (Å²) in [5.74, 6) is 0.0899. The van der Waals surface area contributed by atoms with Crippen LogP contribution < -0.4 is 0 Å². The summed E-state index contributed by atoms with van der Waals surface area (Å²) in [5, 5.41) is 31.3. The van der Waals surface area contributed by atoms with E-state index < -0.39 is 23.1 Å². The van der Waals surface area contributed by atoms with Crippen LogP contribution in [0.15, 0.2) is 0 Å². The molecule has 4 nitrogen and oxygen atoms in total. The van der Waals surface area contributed by atoms with Crippen LogP contribution in [0.5, 0.6) is 0 Å². The summed E-state index contributed by atoms with van der Waals surface area (Å²) in [6.45, 7) is 6.08. The summed E-state index contributed by atoms with van der Waals surface area (Å²) in [7, 11) is 0. The van der Waals surface area contributed by atoms with Crippen LogP contribution in [-0.2, 0) is 4.79 Å². The van der Waals surface area contributed by atoms with Crippen LogP contribution in [0.4, 0.5) is 0 Å². The third kappa shape index (κ3) is 1.85.